The smallest absolute Gasteiger partial charge is 0.257 e. The SMILES string of the molecule is Cc1ccc(F)cc1OCCOc1nccnc1N1CCNCC1. The zero-order valence-corrected chi connectivity index (χ0v) is 13.7. The number of rotatable bonds is 6. The van der Waals surface area contributed by atoms with Crippen molar-refractivity contribution in [1.82, 2.24) is 15.3 Å². The zero-order chi connectivity index (χ0) is 16.8. The van der Waals surface area contributed by atoms with Crippen molar-refractivity contribution in [1.29, 1.82) is 0 Å². The minimum Gasteiger partial charge on any atom is -0.490 e. The third kappa shape index (κ3) is 4.11. The van der Waals surface area contributed by atoms with Gasteiger partial charge in [0, 0.05) is 44.6 Å². The first-order valence-corrected chi connectivity index (χ1v) is 8.02. The molecule has 0 aliphatic carbocycles. The average molecular weight is 332 g/mol. The minimum absolute atomic E-state index is 0.307. The molecule has 1 saturated heterocycles. The maximum absolute atomic E-state index is 13.2. The lowest BCUT2D eigenvalue weighted by Gasteiger charge is -2.28. The average Bonchev–Trinajstić information content (AvgIpc) is 2.62. The number of nitrogens with zero attached hydrogens (tertiary/aromatic N) is 3. The Labute approximate surface area is 140 Å². The van der Waals surface area contributed by atoms with E-state index < -0.39 is 0 Å². The Morgan fingerprint density at radius 3 is 2.71 bits per heavy atom. The van der Waals surface area contributed by atoms with E-state index in [1.807, 2.05) is 6.92 Å². The van der Waals surface area contributed by atoms with E-state index in [0.29, 0.717) is 24.8 Å². The van der Waals surface area contributed by atoms with Crippen LogP contribution in [0, 0.1) is 12.7 Å². The predicted molar refractivity (Wildman–Crippen MR) is 89.2 cm³/mol. The highest BCUT2D eigenvalue weighted by Gasteiger charge is 2.17. The Morgan fingerprint density at radius 1 is 1.12 bits per heavy atom. The van der Waals surface area contributed by atoms with Gasteiger partial charge in [0.05, 0.1) is 0 Å². The first kappa shape index (κ1) is 16.4. The lowest BCUT2D eigenvalue weighted by atomic mass is 10.2. The van der Waals surface area contributed by atoms with E-state index in [-0.39, 0.29) is 5.82 Å². The number of halogens is 1. The monoisotopic (exact) mass is 332 g/mol. The molecule has 1 fully saturated rings. The number of benzene rings is 1. The van der Waals surface area contributed by atoms with Gasteiger partial charge >= 0.3 is 0 Å². The minimum atomic E-state index is -0.313. The third-order valence-corrected chi connectivity index (χ3v) is 3.79. The van der Waals surface area contributed by atoms with E-state index in [9.17, 15) is 4.39 Å². The lowest BCUT2D eigenvalue weighted by molar-refractivity contribution is 0.210. The van der Waals surface area contributed by atoms with Gasteiger partial charge in [0.1, 0.15) is 24.8 Å². The van der Waals surface area contributed by atoms with Crippen LogP contribution in [0.1, 0.15) is 5.56 Å². The van der Waals surface area contributed by atoms with Crippen LogP contribution >= 0.6 is 0 Å². The van der Waals surface area contributed by atoms with Crippen LogP contribution in [-0.2, 0) is 0 Å². The summed E-state index contributed by atoms with van der Waals surface area (Å²) in [4.78, 5) is 10.8. The number of ether oxygens (including phenoxy) is 2. The fourth-order valence-electron chi connectivity index (χ4n) is 2.53. The largest absolute Gasteiger partial charge is 0.490 e. The molecule has 1 N–H and O–H groups in total. The highest BCUT2D eigenvalue weighted by atomic mass is 19.1. The summed E-state index contributed by atoms with van der Waals surface area (Å²) in [6.45, 7) is 6.06. The van der Waals surface area contributed by atoms with Crippen LogP contribution in [0.2, 0.25) is 0 Å². The molecule has 7 heteroatoms. The number of anilines is 1. The normalized spacial score (nSPS) is 14.5. The molecule has 3 rings (SSSR count). The van der Waals surface area contributed by atoms with Crippen LogP contribution in [-0.4, -0.2) is 49.4 Å². The van der Waals surface area contributed by atoms with Crippen LogP contribution in [0.4, 0.5) is 10.2 Å². The second kappa shape index (κ2) is 7.92. The first-order valence-electron chi connectivity index (χ1n) is 8.02. The Balaban J connectivity index is 1.56. The predicted octanol–water partition coefficient (Wildman–Crippen LogP) is 1.79. The Kier molecular flexibility index (Phi) is 5.43. The summed E-state index contributed by atoms with van der Waals surface area (Å²) in [5.74, 6) is 1.46. The molecule has 0 spiro atoms. The number of aryl methyl sites for hydroxylation is 1. The van der Waals surface area contributed by atoms with Crippen molar-refractivity contribution in [3.05, 3.63) is 42.0 Å². The van der Waals surface area contributed by atoms with Crippen molar-refractivity contribution in [2.24, 2.45) is 0 Å². The van der Waals surface area contributed by atoms with Gasteiger partial charge in [-0.05, 0) is 18.6 Å². The molecule has 2 aromatic rings. The van der Waals surface area contributed by atoms with E-state index in [4.69, 9.17) is 9.47 Å². The van der Waals surface area contributed by atoms with E-state index >= 15 is 0 Å². The van der Waals surface area contributed by atoms with Crippen LogP contribution in [0.25, 0.3) is 0 Å². The van der Waals surface area contributed by atoms with Crippen molar-refractivity contribution in [3.8, 4) is 11.6 Å². The fourth-order valence-corrected chi connectivity index (χ4v) is 2.53. The summed E-state index contributed by atoms with van der Waals surface area (Å²) in [7, 11) is 0. The maximum atomic E-state index is 13.2. The second-order valence-electron chi connectivity index (χ2n) is 5.53. The van der Waals surface area contributed by atoms with Gasteiger partial charge < -0.3 is 19.7 Å². The summed E-state index contributed by atoms with van der Waals surface area (Å²) in [5, 5.41) is 3.30. The van der Waals surface area contributed by atoms with E-state index in [1.165, 1.54) is 12.1 Å². The summed E-state index contributed by atoms with van der Waals surface area (Å²) in [6, 6.07) is 4.48. The number of hydrogen-bond acceptors (Lipinski definition) is 6. The quantitative estimate of drug-likeness (QED) is 0.814. The maximum Gasteiger partial charge on any atom is 0.257 e. The molecule has 128 valence electrons. The van der Waals surface area contributed by atoms with Crippen molar-refractivity contribution in [2.75, 3.05) is 44.3 Å². The van der Waals surface area contributed by atoms with Gasteiger partial charge in [-0.3, -0.25) is 0 Å². The highest BCUT2D eigenvalue weighted by Crippen LogP contribution is 2.23. The molecule has 1 aliphatic heterocycles. The highest BCUT2D eigenvalue weighted by molar-refractivity contribution is 5.48. The van der Waals surface area contributed by atoms with Crippen LogP contribution in [0.5, 0.6) is 11.6 Å². The fraction of sp³-hybridized carbons (Fsp3) is 0.412. The summed E-state index contributed by atoms with van der Waals surface area (Å²) in [5.41, 5.74) is 0.886. The molecule has 1 aliphatic rings. The molecule has 0 radical (unpaired) electrons. The Bertz CT molecular complexity index is 677. The topological polar surface area (TPSA) is 59.5 Å². The number of aromatic nitrogens is 2. The number of nitrogens with one attached hydrogen (secondary N) is 1. The molecule has 6 nitrogen and oxygen atoms in total. The van der Waals surface area contributed by atoms with Crippen molar-refractivity contribution in [3.63, 3.8) is 0 Å². The standard InChI is InChI=1S/C17H21FN4O2/c1-13-2-3-14(18)12-15(13)23-10-11-24-17-16(20-4-5-21-17)22-8-6-19-7-9-22/h2-5,12,19H,6-11H2,1H3. The van der Waals surface area contributed by atoms with Gasteiger partial charge in [0.2, 0.25) is 0 Å². The van der Waals surface area contributed by atoms with Gasteiger partial charge in [-0.25, -0.2) is 14.4 Å². The molecule has 0 unspecified atom stereocenters. The molecule has 0 atom stereocenters. The van der Waals surface area contributed by atoms with Gasteiger partial charge in [-0.2, -0.15) is 0 Å². The molecule has 0 amide bonds. The Hall–Kier alpha value is -2.41. The first-order chi connectivity index (χ1) is 11.7. The van der Waals surface area contributed by atoms with Crippen molar-refractivity contribution in [2.45, 2.75) is 6.92 Å². The number of hydrogen-bond donors (Lipinski definition) is 1. The Morgan fingerprint density at radius 2 is 1.88 bits per heavy atom. The molecular weight excluding hydrogens is 311 g/mol. The molecule has 2 heterocycles. The summed E-state index contributed by atoms with van der Waals surface area (Å²) in [6.07, 6.45) is 3.27. The molecular formula is C17H21FN4O2. The summed E-state index contributed by atoms with van der Waals surface area (Å²) < 4.78 is 24.6. The van der Waals surface area contributed by atoms with Crippen molar-refractivity contribution >= 4 is 5.82 Å². The van der Waals surface area contributed by atoms with E-state index in [2.05, 4.69) is 20.2 Å². The van der Waals surface area contributed by atoms with Crippen LogP contribution in [0.3, 0.4) is 0 Å². The van der Waals surface area contributed by atoms with Crippen LogP contribution in [0.15, 0.2) is 30.6 Å². The van der Waals surface area contributed by atoms with Gasteiger partial charge in [-0.1, -0.05) is 6.07 Å². The van der Waals surface area contributed by atoms with E-state index in [1.54, 1.807) is 18.5 Å². The van der Waals surface area contributed by atoms with Crippen molar-refractivity contribution < 1.29 is 13.9 Å². The zero-order valence-electron chi connectivity index (χ0n) is 13.7. The molecule has 1 aromatic carbocycles. The molecule has 0 saturated carbocycles. The van der Waals surface area contributed by atoms with E-state index in [0.717, 1.165) is 37.6 Å². The third-order valence-electron chi connectivity index (χ3n) is 3.79. The van der Waals surface area contributed by atoms with Crippen LogP contribution < -0.4 is 19.7 Å². The van der Waals surface area contributed by atoms with Gasteiger partial charge in [-0.15, -0.1) is 0 Å². The molecule has 0 bridgehead atoms. The van der Waals surface area contributed by atoms with Gasteiger partial charge in [0.15, 0.2) is 5.82 Å². The van der Waals surface area contributed by atoms with Gasteiger partial charge in [0.25, 0.3) is 5.88 Å². The lowest BCUT2D eigenvalue weighted by Crippen LogP contribution is -2.44. The summed E-state index contributed by atoms with van der Waals surface area (Å²) >= 11 is 0. The molecule has 1 aromatic heterocycles. The molecule has 24 heavy (non-hydrogen) atoms. The second-order valence-corrected chi connectivity index (χ2v) is 5.53. The number of piperazine rings is 1.